The van der Waals surface area contributed by atoms with Gasteiger partial charge in [0.1, 0.15) is 0 Å². The van der Waals surface area contributed by atoms with Crippen molar-refractivity contribution in [3.63, 3.8) is 0 Å². The Bertz CT molecular complexity index is 1580. The number of aliphatic imine (C=N–C) groups is 1. The largest absolute Gasteiger partial charge is 0.494 e. The zero-order valence-corrected chi connectivity index (χ0v) is 18.8. The van der Waals surface area contributed by atoms with Gasteiger partial charge in [-0.2, -0.15) is 0 Å². The molecule has 1 amide bonds. The van der Waals surface area contributed by atoms with Gasteiger partial charge in [-0.15, -0.1) is 0 Å². The summed E-state index contributed by atoms with van der Waals surface area (Å²) in [7, 11) is 4.00. The molecule has 5 aromatic rings. The summed E-state index contributed by atoms with van der Waals surface area (Å²) in [6.07, 6.45) is 4.00. The van der Waals surface area contributed by atoms with Crippen molar-refractivity contribution in [1.82, 2.24) is 14.1 Å². The van der Waals surface area contributed by atoms with Gasteiger partial charge in [-0.1, -0.05) is 48.5 Å². The average molecular weight is 447 g/mol. The van der Waals surface area contributed by atoms with E-state index >= 15 is 0 Å². The summed E-state index contributed by atoms with van der Waals surface area (Å²) in [4.78, 5) is 20.2. The number of amides is 1. The van der Waals surface area contributed by atoms with E-state index in [1.807, 2.05) is 87.2 Å². The highest BCUT2D eigenvalue weighted by molar-refractivity contribution is 6.30. The molecule has 1 aliphatic rings. The Hall–Kier alpha value is -4.58. The molecule has 0 radical (unpaired) electrons. The molecule has 0 aliphatic carbocycles. The number of nitrogens with zero attached hydrogens (tertiary/aromatic N) is 3. The van der Waals surface area contributed by atoms with Gasteiger partial charge in [0.15, 0.2) is 5.88 Å². The van der Waals surface area contributed by atoms with Crippen molar-refractivity contribution in [3.05, 3.63) is 102 Å². The summed E-state index contributed by atoms with van der Waals surface area (Å²) in [6.45, 7) is 0. The molecular formula is C28H22N4O2. The Labute approximate surface area is 196 Å². The number of aromatic amines is 1. The smallest absolute Gasteiger partial charge is 0.280 e. The molecule has 1 aliphatic heterocycles. The minimum Gasteiger partial charge on any atom is -0.494 e. The Morgan fingerprint density at radius 2 is 1.21 bits per heavy atom. The fraction of sp³-hybridized carbons (Fsp3) is 0.0714. The van der Waals surface area contributed by atoms with Gasteiger partial charge in [0.2, 0.25) is 0 Å². The van der Waals surface area contributed by atoms with E-state index in [2.05, 4.69) is 31.2 Å². The maximum Gasteiger partial charge on any atom is 0.280 e. The fourth-order valence-electron chi connectivity index (χ4n) is 4.70. The van der Waals surface area contributed by atoms with Crippen molar-refractivity contribution in [1.29, 1.82) is 0 Å². The van der Waals surface area contributed by atoms with Gasteiger partial charge in [0.25, 0.3) is 5.91 Å². The third-order valence-electron chi connectivity index (χ3n) is 6.46. The third kappa shape index (κ3) is 3.03. The fourth-order valence-corrected chi connectivity index (χ4v) is 4.70. The van der Waals surface area contributed by atoms with Crippen LogP contribution in [0.3, 0.4) is 0 Å². The predicted molar refractivity (Wildman–Crippen MR) is 133 cm³/mol. The van der Waals surface area contributed by atoms with Gasteiger partial charge in [0, 0.05) is 43.4 Å². The molecule has 4 heterocycles. The van der Waals surface area contributed by atoms with Crippen LogP contribution < -0.4 is 0 Å². The molecule has 2 N–H and O–H groups in total. The number of hydrogen-bond acceptors (Lipinski definition) is 2. The van der Waals surface area contributed by atoms with E-state index in [-0.39, 0.29) is 11.8 Å². The number of hydrogen-bond donors (Lipinski definition) is 2. The highest BCUT2D eigenvalue weighted by atomic mass is 16.3. The maximum absolute atomic E-state index is 12.9. The monoisotopic (exact) mass is 446 g/mol. The normalized spacial score (nSPS) is 12.8. The summed E-state index contributed by atoms with van der Waals surface area (Å²) in [5.41, 5.74) is 7.87. The second-order valence-electron chi connectivity index (χ2n) is 8.53. The van der Waals surface area contributed by atoms with Crippen molar-refractivity contribution in [3.8, 4) is 39.7 Å². The Kier molecular flexibility index (Phi) is 4.42. The van der Waals surface area contributed by atoms with Crippen LogP contribution in [0.1, 0.15) is 21.5 Å². The van der Waals surface area contributed by atoms with Crippen LogP contribution in [-0.4, -0.2) is 30.8 Å². The van der Waals surface area contributed by atoms with Gasteiger partial charge in [-0.3, -0.25) is 4.79 Å². The zero-order chi connectivity index (χ0) is 23.4. The van der Waals surface area contributed by atoms with Gasteiger partial charge in [-0.25, -0.2) is 4.99 Å². The number of benzene rings is 2. The van der Waals surface area contributed by atoms with Crippen molar-refractivity contribution < 1.29 is 9.90 Å². The lowest BCUT2D eigenvalue weighted by molar-refractivity contribution is 0.101. The zero-order valence-electron chi connectivity index (χ0n) is 18.8. The van der Waals surface area contributed by atoms with E-state index < -0.39 is 0 Å². The first-order valence-electron chi connectivity index (χ1n) is 11.0. The van der Waals surface area contributed by atoms with Gasteiger partial charge in [-0.05, 0) is 41.0 Å². The molecule has 0 unspecified atom stereocenters. The third-order valence-corrected chi connectivity index (χ3v) is 6.46. The first-order valence-corrected chi connectivity index (χ1v) is 11.0. The highest BCUT2D eigenvalue weighted by Gasteiger charge is 2.33. The van der Waals surface area contributed by atoms with Crippen LogP contribution in [0.15, 0.2) is 90.2 Å². The number of rotatable bonds is 4. The van der Waals surface area contributed by atoms with Crippen LogP contribution in [0, 0.1) is 0 Å². The lowest BCUT2D eigenvalue weighted by atomic mass is 9.98. The van der Waals surface area contributed by atoms with Crippen molar-refractivity contribution in [2.24, 2.45) is 19.1 Å². The molecule has 34 heavy (non-hydrogen) atoms. The maximum atomic E-state index is 12.9. The van der Waals surface area contributed by atoms with Crippen molar-refractivity contribution >= 4 is 11.6 Å². The van der Waals surface area contributed by atoms with E-state index in [0.717, 1.165) is 33.6 Å². The topological polar surface area (TPSA) is 75.3 Å². The lowest BCUT2D eigenvalue weighted by Crippen LogP contribution is -2.00. The molecule has 3 aromatic heterocycles. The van der Waals surface area contributed by atoms with E-state index in [4.69, 9.17) is 0 Å². The number of aromatic hydroxyl groups is 1. The summed E-state index contributed by atoms with van der Waals surface area (Å²) >= 11 is 0. The first-order chi connectivity index (χ1) is 16.5. The molecule has 0 spiro atoms. The number of aromatic nitrogens is 3. The van der Waals surface area contributed by atoms with Crippen molar-refractivity contribution in [2.75, 3.05) is 0 Å². The van der Waals surface area contributed by atoms with E-state index in [0.29, 0.717) is 22.5 Å². The van der Waals surface area contributed by atoms with Crippen LogP contribution in [0.4, 0.5) is 0 Å². The van der Waals surface area contributed by atoms with Crippen molar-refractivity contribution in [2.45, 2.75) is 0 Å². The Morgan fingerprint density at radius 1 is 0.706 bits per heavy atom. The highest BCUT2D eigenvalue weighted by Crippen LogP contribution is 2.38. The second-order valence-corrected chi connectivity index (χ2v) is 8.53. The van der Waals surface area contributed by atoms with Crippen LogP contribution in [0.2, 0.25) is 0 Å². The average Bonchev–Trinajstić information content (AvgIpc) is 3.61. The molecule has 6 heteroatoms. The van der Waals surface area contributed by atoms with E-state index in [9.17, 15) is 9.90 Å². The van der Waals surface area contributed by atoms with Crippen LogP contribution in [0.25, 0.3) is 33.8 Å². The molecule has 6 nitrogen and oxygen atoms in total. The minimum atomic E-state index is -0.352. The SMILES string of the molecule is Cn1cccc1-c1ccc(C2=NC(=O)c3c(-c4ccc(-c5cccn5C)cc4)[nH]c(O)c32)cc1. The number of fused-ring (bicyclic) bond motifs is 1. The summed E-state index contributed by atoms with van der Waals surface area (Å²) < 4.78 is 4.11. The molecule has 6 rings (SSSR count). The molecule has 0 saturated carbocycles. The van der Waals surface area contributed by atoms with Crippen LogP contribution >= 0.6 is 0 Å². The van der Waals surface area contributed by atoms with Crippen LogP contribution in [-0.2, 0) is 14.1 Å². The number of carbonyl (C=O) groups excluding carboxylic acids is 1. The lowest BCUT2D eigenvalue weighted by Gasteiger charge is -2.06. The summed E-state index contributed by atoms with van der Waals surface area (Å²) in [6, 6.07) is 23.9. The quantitative estimate of drug-likeness (QED) is 0.388. The predicted octanol–water partition coefficient (Wildman–Crippen LogP) is 5.39. The van der Waals surface area contributed by atoms with Gasteiger partial charge >= 0.3 is 0 Å². The molecule has 0 atom stereocenters. The second kappa shape index (κ2) is 7.49. The van der Waals surface area contributed by atoms with E-state index in [1.54, 1.807) is 0 Å². The standard InChI is InChI=1S/C28H22N4O2/c1-31-15-3-5-21(31)17-7-11-19(12-8-17)25-23-24(28(34)29-25)26(30-27(23)33)20-13-9-18(10-14-20)22-6-4-16-32(22)2/h3-16,29,34H,1-2H3. The molecule has 0 fully saturated rings. The summed E-state index contributed by atoms with van der Waals surface area (Å²) in [5, 5.41) is 10.8. The molecule has 166 valence electrons. The Morgan fingerprint density at radius 3 is 1.71 bits per heavy atom. The van der Waals surface area contributed by atoms with E-state index in [1.165, 1.54) is 0 Å². The van der Waals surface area contributed by atoms with Gasteiger partial charge in [0.05, 0.1) is 22.5 Å². The molecule has 0 bridgehead atoms. The molecule has 0 saturated heterocycles. The number of carbonyl (C=O) groups is 1. The molecular weight excluding hydrogens is 424 g/mol. The molecule has 2 aromatic carbocycles. The summed E-state index contributed by atoms with van der Waals surface area (Å²) in [5.74, 6) is -0.401. The Balaban J connectivity index is 1.36. The minimum absolute atomic E-state index is 0.0485. The first kappa shape index (κ1) is 20.1. The number of nitrogens with one attached hydrogen (secondary N) is 1. The van der Waals surface area contributed by atoms with Crippen LogP contribution in [0.5, 0.6) is 5.88 Å². The number of H-pyrrole nitrogens is 1. The number of aryl methyl sites for hydroxylation is 2. The van der Waals surface area contributed by atoms with Gasteiger partial charge < -0.3 is 19.2 Å².